The standard InChI is InChI=1S/C14H20OS/c1-11-6-2-3-7-12(11)10-16-14-9-5-4-8-13(14)15/h2-3,6-7,13-15H,4-5,8-10H2,1H3. The van der Waals surface area contributed by atoms with E-state index in [-0.39, 0.29) is 6.10 Å². The molecule has 0 spiro atoms. The molecule has 16 heavy (non-hydrogen) atoms. The smallest absolute Gasteiger partial charge is 0.0658 e. The zero-order valence-corrected chi connectivity index (χ0v) is 10.7. The minimum atomic E-state index is -0.0808. The van der Waals surface area contributed by atoms with Gasteiger partial charge in [-0.2, -0.15) is 11.8 Å². The fourth-order valence-electron chi connectivity index (χ4n) is 2.24. The Morgan fingerprint density at radius 3 is 2.75 bits per heavy atom. The van der Waals surface area contributed by atoms with Crippen molar-refractivity contribution in [2.24, 2.45) is 0 Å². The minimum absolute atomic E-state index is 0.0808. The van der Waals surface area contributed by atoms with E-state index in [1.54, 1.807) is 0 Å². The summed E-state index contributed by atoms with van der Waals surface area (Å²) < 4.78 is 0. The van der Waals surface area contributed by atoms with Gasteiger partial charge < -0.3 is 5.11 Å². The molecule has 1 N–H and O–H groups in total. The molecule has 0 heterocycles. The molecule has 0 bridgehead atoms. The van der Waals surface area contributed by atoms with Gasteiger partial charge in [0.2, 0.25) is 0 Å². The Labute approximate surface area is 102 Å². The van der Waals surface area contributed by atoms with Crippen molar-refractivity contribution < 1.29 is 5.11 Å². The molecule has 2 atom stereocenters. The summed E-state index contributed by atoms with van der Waals surface area (Å²) in [6.45, 7) is 2.16. The van der Waals surface area contributed by atoms with Gasteiger partial charge in [0.15, 0.2) is 0 Å². The maximum Gasteiger partial charge on any atom is 0.0658 e. The molecule has 0 aliphatic heterocycles. The summed E-state index contributed by atoms with van der Waals surface area (Å²) in [7, 11) is 0. The number of benzene rings is 1. The summed E-state index contributed by atoms with van der Waals surface area (Å²) in [5, 5.41) is 10.3. The van der Waals surface area contributed by atoms with Gasteiger partial charge in [0, 0.05) is 11.0 Å². The molecule has 1 saturated carbocycles. The topological polar surface area (TPSA) is 20.2 Å². The predicted molar refractivity (Wildman–Crippen MR) is 70.7 cm³/mol. The van der Waals surface area contributed by atoms with Crippen molar-refractivity contribution in [1.29, 1.82) is 0 Å². The van der Waals surface area contributed by atoms with Gasteiger partial charge in [0.1, 0.15) is 0 Å². The van der Waals surface area contributed by atoms with E-state index in [0.717, 1.165) is 12.2 Å². The van der Waals surface area contributed by atoms with Crippen LogP contribution in [0.15, 0.2) is 24.3 Å². The highest BCUT2D eigenvalue weighted by Gasteiger charge is 2.23. The molecular formula is C14H20OS. The van der Waals surface area contributed by atoms with E-state index < -0.39 is 0 Å². The summed E-state index contributed by atoms with van der Waals surface area (Å²) >= 11 is 1.92. The highest BCUT2D eigenvalue weighted by molar-refractivity contribution is 7.99. The summed E-state index contributed by atoms with van der Waals surface area (Å²) in [5.41, 5.74) is 2.77. The highest BCUT2D eigenvalue weighted by Crippen LogP contribution is 2.31. The van der Waals surface area contributed by atoms with Crippen LogP contribution in [0.2, 0.25) is 0 Å². The van der Waals surface area contributed by atoms with Crippen LogP contribution in [0, 0.1) is 6.92 Å². The lowest BCUT2D eigenvalue weighted by Crippen LogP contribution is -2.26. The third-order valence-corrected chi connectivity index (χ3v) is 4.84. The maximum absolute atomic E-state index is 9.90. The van der Waals surface area contributed by atoms with E-state index in [9.17, 15) is 5.11 Å². The molecular weight excluding hydrogens is 216 g/mol. The molecule has 1 nitrogen and oxygen atoms in total. The van der Waals surface area contributed by atoms with Crippen LogP contribution in [-0.2, 0) is 5.75 Å². The van der Waals surface area contributed by atoms with E-state index >= 15 is 0 Å². The number of aliphatic hydroxyl groups excluding tert-OH is 1. The maximum atomic E-state index is 9.90. The zero-order chi connectivity index (χ0) is 11.4. The number of thioether (sulfide) groups is 1. The quantitative estimate of drug-likeness (QED) is 0.866. The molecule has 1 aromatic rings. The fraction of sp³-hybridized carbons (Fsp3) is 0.571. The van der Waals surface area contributed by atoms with E-state index in [0.29, 0.717) is 5.25 Å². The zero-order valence-electron chi connectivity index (χ0n) is 9.86. The first-order chi connectivity index (χ1) is 7.77. The second-order valence-corrected chi connectivity index (χ2v) is 5.86. The average molecular weight is 236 g/mol. The normalized spacial score (nSPS) is 25.6. The third-order valence-electron chi connectivity index (χ3n) is 3.38. The van der Waals surface area contributed by atoms with Crippen LogP contribution in [0.5, 0.6) is 0 Å². The van der Waals surface area contributed by atoms with Gasteiger partial charge in [-0.15, -0.1) is 0 Å². The van der Waals surface area contributed by atoms with Gasteiger partial charge in [0.05, 0.1) is 6.10 Å². The van der Waals surface area contributed by atoms with Gasteiger partial charge in [-0.25, -0.2) is 0 Å². The van der Waals surface area contributed by atoms with Crippen LogP contribution in [0.3, 0.4) is 0 Å². The number of hydrogen-bond acceptors (Lipinski definition) is 2. The van der Waals surface area contributed by atoms with Gasteiger partial charge >= 0.3 is 0 Å². The van der Waals surface area contributed by atoms with Crippen molar-refractivity contribution in [3.63, 3.8) is 0 Å². The molecule has 0 amide bonds. The van der Waals surface area contributed by atoms with Gasteiger partial charge in [-0.1, -0.05) is 37.1 Å². The first-order valence-electron chi connectivity index (χ1n) is 6.11. The van der Waals surface area contributed by atoms with Crippen molar-refractivity contribution in [2.45, 2.75) is 49.7 Å². The first-order valence-corrected chi connectivity index (χ1v) is 7.16. The Morgan fingerprint density at radius 1 is 1.25 bits per heavy atom. The van der Waals surface area contributed by atoms with Crippen molar-refractivity contribution in [1.82, 2.24) is 0 Å². The first kappa shape index (κ1) is 12.0. The van der Waals surface area contributed by atoms with Gasteiger partial charge in [0.25, 0.3) is 0 Å². The van der Waals surface area contributed by atoms with Gasteiger partial charge in [-0.05, 0) is 30.9 Å². The van der Waals surface area contributed by atoms with E-state index in [1.165, 1.54) is 30.4 Å². The second-order valence-electron chi connectivity index (χ2n) is 4.63. The van der Waals surface area contributed by atoms with Crippen LogP contribution in [0.4, 0.5) is 0 Å². The van der Waals surface area contributed by atoms with Crippen molar-refractivity contribution in [2.75, 3.05) is 0 Å². The van der Waals surface area contributed by atoms with Crippen LogP contribution in [-0.4, -0.2) is 16.5 Å². The molecule has 1 aliphatic carbocycles. The number of rotatable bonds is 3. The lowest BCUT2D eigenvalue weighted by Gasteiger charge is -2.27. The van der Waals surface area contributed by atoms with E-state index in [1.807, 2.05) is 11.8 Å². The fourth-order valence-corrected chi connectivity index (χ4v) is 3.65. The Kier molecular flexibility index (Phi) is 4.30. The molecule has 2 unspecified atom stereocenters. The Hall–Kier alpha value is -0.470. The average Bonchev–Trinajstić information content (AvgIpc) is 2.30. The highest BCUT2D eigenvalue weighted by atomic mass is 32.2. The Morgan fingerprint density at radius 2 is 2.00 bits per heavy atom. The summed E-state index contributed by atoms with van der Waals surface area (Å²) in [6.07, 6.45) is 4.57. The largest absolute Gasteiger partial charge is 0.392 e. The molecule has 1 fully saturated rings. The molecule has 88 valence electrons. The molecule has 2 heteroatoms. The Bertz CT molecular complexity index is 337. The third kappa shape index (κ3) is 3.02. The minimum Gasteiger partial charge on any atom is -0.392 e. The summed E-state index contributed by atoms with van der Waals surface area (Å²) in [6, 6.07) is 8.53. The van der Waals surface area contributed by atoms with E-state index in [2.05, 4.69) is 31.2 Å². The van der Waals surface area contributed by atoms with Crippen molar-refractivity contribution in [3.05, 3.63) is 35.4 Å². The van der Waals surface area contributed by atoms with E-state index in [4.69, 9.17) is 0 Å². The molecule has 1 aliphatic rings. The number of aryl methyl sites for hydroxylation is 1. The summed E-state index contributed by atoms with van der Waals surface area (Å²) in [4.78, 5) is 0. The SMILES string of the molecule is Cc1ccccc1CSC1CCCCC1O. The van der Waals surface area contributed by atoms with Crippen LogP contribution < -0.4 is 0 Å². The van der Waals surface area contributed by atoms with Crippen LogP contribution >= 0.6 is 11.8 Å². The molecule has 0 radical (unpaired) electrons. The number of hydrogen-bond donors (Lipinski definition) is 1. The molecule has 2 rings (SSSR count). The van der Waals surface area contributed by atoms with Crippen molar-refractivity contribution >= 4 is 11.8 Å². The monoisotopic (exact) mass is 236 g/mol. The number of aliphatic hydroxyl groups is 1. The lowest BCUT2D eigenvalue weighted by atomic mass is 9.97. The second kappa shape index (κ2) is 5.74. The van der Waals surface area contributed by atoms with Gasteiger partial charge in [-0.3, -0.25) is 0 Å². The van der Waals surface area contributed by atoms with Crippen LogP contribution in [0.1, 0.15) is 36.8 Å². The molecule has 0 saturated heterocycles. The Balaban J connectivity index is 1.89. The summed E-state index contributed by atoms with van der Waals surface area (Å²) in [5.74, 6) is 1.04. The predicted octanol–water partition coefficient (Wildman–Crippen LogP) is 3.53. The van der Waals surface area contributed by atoms with Crippen LogP contribution in [0.25, 0.3) is 0 Å². The van der Waals surface area contributed by atoms with Crippen molar-refractivity contribution in [3.8, 4) is 0 Å². The molecule has 0 aromatic heterocycles. The molecule has 1 aromatic carbocycles. The lowest BCUT2D eigenvalue weighted by molar-refractivity contribution is 0.137.